The minimum Gasteiger partial charge on any atom is -0.330 e. The zero-order chi connectivity index (χ0) is 17.3. The number of aryl methyl sites for hydroxylation is 1. The fourth-order valence-electron chi connectivity index (χ4n) is 2.79. The summed E-state index contributed by atoms with van der Waals surface area (Å²) in [4.78, 5) is 0. The summed E-state index contributed by atoms with van der Waals surface area (Å²) in [5.74, 6) is 1.24. The lowest BCUT2D eigenvalue weighted by molar-refractivity contribution is 0.535. The second kappa shape index (κ2) is 10.0. The number of nitrogens with two attached hydrogens (primary N) is 1. The number of hydrogen-bond donors (Lipinski definition) is 1. The van der Waals surface area contributed by atoms with Crippen molar-refractivity contribution in [3.63, 3.8) is 0 Å². The topological polar surface area (TPSA) is 26.0 Å². The van der Waals surface area contributed by atoms with Gasteiger partial charge in [0, 0.05) is 0 Å². The maximum Gasteiger partial charge on any atom is -0.00514 e. The molecular weight excluding hydrogens is 266 g/mol. The first-order chi connectivity index (χ1) is 10.3. The number of rotatable bonds is 6. The summed E-state index contributed by atoms with van der Waals surface area (Å²) in [6.07, 6.45) is 3.54. The molecule has 2 unspecified atom stereocenters. The summed E-state index contributed by atoms with van der Waals surface area (Å²) >= 11 is 0. The van der Waals surface area contributed by atoms with Gasteiger partial charge in [-0.2, -0.15) is 0 Å². The molecule has 0 aromatic heterocycles. The highest BCUT2D eigenvalue weighted by Crippen LogP contribution is 2.35. The van der Waals surface area contributed by atoms with Gasteiger partial charge < -0.3 is 5.73 Å². The van der Waals surface area contributed by atoms with Crippen LogP contribution in [0.25, 0.3) is 0 Å². The third kappa shape index (κ3) is 6.12. The van der Waals surface area contributed by atoms with E-state index >= 15 is 0 Å². The van der Waals surface area contributed by atoms with Crippen LogP contribution in [0.2, 0.25) is 0 Å². The van der Waals surface area contributed by atoms with Crippen LogP contribution in [0.15, 0.2) is 18.2 Å². The Hall–Kier alpha value is -0.820. The Morgan fingerprint density at radius 1 is 1.09 bits per heavy atom. The number of benzene rings is 1. The van der Waals surface area contributed by atoms with Crippen molar-refractivity contribution < 1.29 is 0 Å². The average Bonchev–Trinajstić information content (AvgIpc) is 2.52. The summed E-state index contributed by atoms with van der Waals surface area (Å²) in [5, 5.41) is 0. The lowest BCUT2D eigenvalue weighted by atomic mass is 9.77. The van der Waals surface area contributed by atoms with Crippen molar-refractivity contribution >= 4 is 0 Å². The molecule has 0 saturated carbocycles. The Morgan fingerprint density at radius 2 is 1.68 bits per heavy atom. The first kappa shape index (κ1) is 21.2. The Kier molecular flexibility index (Phi) is 9.67. The molecule has 0 amide bonds. The van der Waals surface area contributed by atoms with Gasteiger partial charge in [0.05, 0.1) is 0 Å². The summed E-state index contributed by atoms with van der Waals surface area (Å²) < 4.78 is 0. The van der Waals surface area contributed by atoms with Crippen LogP contribution in [0.4, 0.5) is 0 Å². The summed E-state index contributed by atoms with van der Waals surface area (Å²) in [6, 6.07) is 6.87. The van der Waals surface area contributed by atoms with Crippen molar-refractivity contribution in [2.45, 2.75) is 86.0 Å². The normalized spacial score (nSPS) is 14.0. The first-order valence-electron chi connectivity index (χ1n) is 9.13. The molecule has 0 bridgehead atoms. The van der Waals surface area contributed by atoms with E-state index in [1.165, 1.54) is 24.0 Å². The molecular formula is C21H39N. The SMILES string of the molecule is CC.CCC(C)c1c(CCC(C)CN)cccc1C(C)(C)C. The van der Waals surface area contributed by atoms with Gasteiger partial charge in [-0.05, 0) is 59.7 Å². The molecule has 2 N–H and O–H groups in total. The van der Waals surface area contributed by atoms with Crippen LogP contribution in [0.3, 0.4) is 0 Å². The van der Waals surface area contributed by atoms with Crippen molar-refractivity contribution in [1.82, 2.24) is 0 Å². The zero-order valence-electron chi connectivity index (χ0n) is 16.3. The van der Waals surface area contributed by atoms with E-state index in [9.17, 15) is 0 Å². The van der Waals surface area contributed by atoms with Crippen molar-refractivity contribution in [2.24, 2.45) is 11.7 Å². The Balaban J connectivity index is 0.00000211. The molecule has 0 aliphatic rings. The molecule has 0 heterocycles. The molecule has 0 spiro atoms. The molecule has 1 aromatic rings. The van der Waals surface area contributed by atoms with Gasteiger partial charge in [-0.15, -0.1) is 0 Å². The lowest BCUT2D eigenvalue weighted by Crippen LogP contribution is -2.18. The highest BCUT2D eigenvalue weighted by molar-refractivity contribution is 5.41. The van der Waals surface area contributed by atoms with Crippen molar-refractivity contribution in [1.29, 1.82) is 0 Å². The van der Waals surface area contributed by atoms with Gasteiger partial charge in [0.2, 0.25) is 0 Å². The highest BCUT2D eigenvalue weighted by Gasteiger charge is 2.22. The van der Waals surface area contributed by atoms with E-state index in [1.54, 1.807) is 5.56 Å². The molecule has 0 aliphatic heterocycles. The van der Waals surface area contributed by atoms with E-state index in [-0.39, 0.29) is 5.41 Å². The average molecular weight is 306 g/mol. The number of hydrogen-bond acceptors (Lipinski definition) is 1. The Bertz CT molecular complexity index is 414. The lowest BCUT2D eigenvalue weighted by Gasteiger charge is -2.28. The monoisotopic (exact) mass is 305 g/mol. The van der Waals surface area contributed by atoms with Gasteiger partial charge in [-0.1, -0.05) is 73.6 Å². The van der Waals surface area contributed by atoms with Gasteiger partial charge in [0.15, 0.2) is 0 Å². The maximum atomic E-state index is 5.76. The van der Waals surface area contributed by atoms with Crippen LogP contribution in [-0.2, 0) is 11.8 Å². The molecule has 0 saturated heterocycles. The molecule has 128 valence electrons. The first-order valence-corrected chi connectivity index (χ1v) is 9.13. The molecule has 2 atom stereocenters. The molecule has 1 nitrogen and oxygen atoms in total. The Morgan fingerprint density at radius 3 is 2.14 bits per heavy atom. The predicted octanol–water partition coefficient (Wildman–Crippen LogP) is 6.05. The van der Waals surface area contributed by atoms with Crippen LogP contribution in [0.1, 0.15) is 90.8 Å². The predicted molar refractivity (Wildman–Crippen MR) is 102 cm³/mol. The zero-order valence-corrected chi connectivity index (χ0v) is 16.3. The highest BCUT2D eigenvalue weighted by atomic mass is 14.5. The minimum atomic E-state index is 0.217. The molecule has 1 aromatic carbocycles. The van der Waals surface area contributed by atoms with E-state index in [2.05, 4.69) is 59.7 Å². The van der Waals surface area contributed by atoms with E-state index < -0.39 is 0 Å². The van der Waals surface area contributed by atoms with E-state index in [0.717, 1.165) is 13.0 Å². The summed E-state index contributed by atoms with van der Waals surface area (Å²) in [5.41, 5.74) is 10.6. The summed E-state index contributed by atoms with van der Waals surface area (Å²) in [6.45, 7) is 18.6. The van der Waals surface area contributed by atoms with Crippen LogP contribution in [-0.4, -0.2) is 6.54 Å². The summed E-state index contributed by atoms with van der Waals surface area (Å²) in [7, 11) is 0. The van der Waals surface area contributed by atoms with Gasteiger partial charge in [0.1, 0.15) is 0 Å². The minimum absolute atomic E-state index is 0.217. The fourth-order valence-corrected chi connectivity index (χ4v) is 2.79. The van der Waals surface area contributed by atoms with Crippen molar-refractivity contribution in [3.05, 3.63) is 34.9 Å². The molecule has 1 heteroatoms. The van der Waals surface area contributed by atoms with Gasteiger partial charge in [-0.3, -0.25) is 0 Å². The standard InChI is InChI=1S/C19H33N.C2H6/c1-7-15(3)18-16(12-11-14(2)13-20)9-8-10-17(18)19(4,5)6;1-2/h8-10,14-15H,7,11-13,20H2,1-6H3;1-2H3. The van der Waals surface area contributed by atoms with E-state index in [0.29, 0.717) is 11.8 Å². The second-order valence-corrected chi connectivity index (χ2v) is 7.32. The second-order valence-electron chi connectivity index (χ2n) is 7.32. The molecule has 0 radical (unpaired) electrons. The quantitative estimate of drug-likeness (QED) is 0.680. The van der Waals surface area contributed by atoms with Gasteiger partial charge in [0.25, 0.3) is 0 Å². The molecule has 0 aliphatic carbocycles. The van der Waals surface area contributed by atoms with Crippen LogP contribution >= 0.6 is 0 Å². The van der Waals surface area contributed by atoms with E-state index in [1.807, 2.05) is 13.8 Å². The van der Waals surface area contributed by atoms with Crippen molar-refractivity contribution in [3.8, 4) is 0 Å². The molecule has 22 heavy (non-hydrogen) atoms. The van der Waals surface area contributed by atoms with Gasteiger partial charge >= 0.3 is 0 Å². The third-order valence-corrected chi connectivity index (χ3v) is 4.42. The smallest absolute Gasteiger partial charge is 0.00514 e. The fraction of sp³-hybridized carbons (Fsp3) is 0.714. The van der Waals surface area contributed by atoms with Crippen LogP contribution < -0.4 is 5.73 Å². The van der Waals surface area contributed by atoms with E-state index in [4.69, 9.17) is 5.73 Å². The molecule has 0 fully saturated rings. The maximum absolute atomic E-state index is 5.76. The third-order valence-electron chi connectivity index (χ3n) is 4.42. The Labute approximate surface area is 139 Å². The van der Waals surface area contributed by atoms with Crippen LogP contribution in [0.5, 0.6) is 0 Å². The largest absolute Gasteiger partial charge is 0.330 e. The van der Waals surface area contributed by atoms with Crippen molar-refractivity contribution in [2.75, 3.05) is 6.54 Å². The van der Waals surface area contributed by atoms with Gasteiger partial charge in [-0.25, -0.2) is 0 Å². The molecule has 1 rings (SSSR count). The van der Waals surface area contributed by atoms with Crippen LogP contribution in [0, 0.1) is 5.92 Å².